The molecular formula is C23H15NO8S. The Morgan fingerprint density at radius 2 is 1.18 bits per heavy atom. The number of amides is 2. The molecule has 0 bridgehead atoms. The van der Waals surface area contributed by atoms with Gasteiger partial charge in [-0.15, -0.1) is 0 Å². The van der Waals surface area contributed by atoms with Crippen LogP contribution < -0.4 is 0 Å². The Balaban J connectivity index is 1.63. The van der Waals surface area contributed by atoms with Crippen molar-refractivity contribution in [2.24, 2.45) is 0 Å². The highest BCUT2D eigenvalue weighted by Gasteiger charge is 2.36. The van der Waals surface area contributed by atoms with Crippen LogP contribution in [0.1, 0.15) is 47.0 Å². The van der Waals surface area contributed by atoms with Gasteiger partial charge in [-0.25, -0.2) is 18.0 Å². The van der Waals surface area contributed by atoms with Crippen molar-refractivity contribution in [1.82, 2.24) is 4.90 Å². The average Bonchev–Trinajstić information content (AvgIpc) is 3.04. The highest BCUT2D eigenvalue weighted by Crippen LogP contribution is 2.29. The summed E-state index contributed by atoms with van der Waals surface area (Å²) in [5.74, 6) is -3.56. The lowest BCUT2D eigenvalue weighted by molar-refractivity contribution is 0.0636. The molecule has 0 spiro atoms. The maximum absolute atomic E-state index is 13.0. The minimum atomic E-state index is -4.06. The first-order valence-electron chi connectivity index (χ1n) is 9.50. The Morgan fingerprint density at radius 1 is 0.697 bits per heavy atom. The monoisotopic (exact) mass is 465 g/mol. The first-order chi connectivity index (χ1) is 15.6. The highest BCUT2D eigenvalue weighted by molar-refractivity contribution is 7.91. The van der Waals surface area contributed by atoms with Gasteiger partial charge in [-0.1, -0.05) is 12.1 Å². The number of rotatable bonds is 6. The Morgan fingerprint density at radius 3 is 1.73 bits per heavy atom. The summed E-state index contributed by atoms with van der Waals surface area (Å²) >= 11 is 0. The van der Waals surface area contributed by atoms with Crippen molar-refractivity contribution in [3.63, 3.8) is 0 Å². The van der Waals surface area contributed by atoms with Crippen LogP contribution in [0.5, 0.6) is 0 Å². The van der Waals surface area contributed by atoms with Crippen LogP contribution in [0.15, 0.2) is 76.5 Å². The molecule has 0 saturated heterocycles. The van der Waals surface area contributed by atoms with E-state index in [9.17, 15) is 27.6 Å². The first kappa shape index (κ1) is 21.9. The number of carboxylic acids is 2. The number of hydrogen-bond donors (Lipinski definition) is 2. The molecule has 0 atom stereocenters. The number of nitrogens with zero attached hydrogens (tertiary/aromatic N) is 1. The molecule has 2 N–H and O–H groups in total. The molecule has 33 heavy (non-hydrogen) atoms. The quantitative estimate of drug-likeness (QED) is 0.529. The second-order valence-electron chi connectivity index (χ2n) is 7.24. The Hall–Kier alpha value is -4.31. The van der Waals surface area contributed by atoms with E-state index in [1.54, 1.807) is 0 Å². The number of hydrogen-bond acceptors (Lipinski definition) is 6. The van der Waals surface area contributed by atoms with Crippen molar-refractivity contribution in [1.29, 1.82) is 0 Å². The number of carboxylic acid groups (broad SMARTS) is 2. The molecule has 10 heteroatoms. The van der Waals surface area contributed by atoms with Crippen LogP contribution >= 0.6 is 0 Å². The molecule has 1 heterocycles. The van der Waals surface area contributed by atoms with Gasteiger partial charge in [-0.3, -0.25) is 14.5 Å². The minimum absolute atomic E-state index is 0.0577. The van der Waals surface area contributed by atoms with Gasteiger partial charge in [-0.2, -0.15) is 0 Å². The van der Waals surface area contributed by atoms with Gasteiger partial charge < -0.3 is 10.2 Å². The van der Waals surface area contributed by atoms with E-state index in [2.05, 4.69) is 0 Å². The van der Waals surface area contributed by atoms with Crippen LogP contribution in [-0.4, -0.2) is 47.3 Å². The van der Waals surface area contributed by atoms with Crippen molar-refractivity contribution in [3.8, 4) is 0 Å². The van der Waals surface area contributed by atoms with Gasteiger partial charge in [0.2, 0.25) is 9.84 Å². The maximum atomic E-state index is 13.0. The smallest absolute Gasteiger partial charge is 0.335 e. The van der Waals surface area contributed by atoms with Gasteiger partial charge >= 0.3 is 11.9 Å². The van der Waals surface area contributed by atoms with Crippen LogP contribution in [-0.2, 0) is 16.4 Å². The van der Waals surface area contributed by atoms with Crippen molar-refractivity contribution >= 4 is 33.6 Å². The number of carbonyl (C=O) groups is 4. The number of aromatic carboxylic acids is 2. The molecule has 0 fully saturated rings. The minimum Gasteiger partial charge on any atom is -0.478 e. The Labute approximate surface area is 187 Å². The Kier molecular flexibility index (Phi) is 5.30. The average molecular weight is 465 g/mol. The summed E-state index contributed by atoms with van der Waals surface area (Å²) in [5, 5.41) is 18.0. The van der Waals surface area contributed by atoms with Crippen molar-refractivity contribution in [3.05, 3.63) is 94.5 Å². The molecule has 1 aliphatic heterocycles. The number of imide groups is 1. The summed E-state index contributed by atoms with van der Waals surface area (Å²) < 4.78 is 25.9. The third-order valence-electron chi connectivity index (χ3n) is 5.21. The van der Waals surface area contributed by atoms with Crippen molar-refractivity contribution in [2.75, 3.05) is 0 Å². The lowest BCUT2D eigenvalue weighted by atomic mass is 10.1. The fourth-order valence-electron chi connectivity index (χ4n) is 3.43. The lowest BCUT2D eigenvalue weighted by Gasteiger charge is -2.13. The zero-order valence-electron chi connectivity index (χ0n) is 16.8. The van der Waals surface area contributed by atoms with Crippen LogP contribution in [0, 0.1) is 0 Å². The van der Waals surface area contributed by atoms with E-state index in [1.165, 1.54) is 36.4 Å². The van der Waals surface area contributed by atoms with Gasteiger partial charge in [-0.05, 0) is 60.2 Å². The van der Waals surface area contributed by atoms with Crippen molar-refractivity contribution in [2.45, 2.75) is 16.3 Å². The highest BCUT2D eigenvalue weighted by atomic mass is 32.2. The number of sulfone groups is 1. The molecule has 3 aromatic rings. The predicted octanol–water partition coefficient (Wildman–Crippen LogP) is 2.71. The van der Waals surface area contributed by atoms with E-state index >= 15 is 0 Å². The SMILES string of the molecule is O=C(O)c1ccc(CN2C(=O)c3ccc(S(=O)(=O)c4ccc(C(=O)O)cc4)cc3C2=O)cc1. The third-order valence-corrected chi connectivity index (χ3v) is 6.97. The predicted molar refractivity (Wildman–Crippen MR) is 113 cm³/mol. The fraction of sp³-hybridized carbons (Fsp3) is 0.0435. The molecule has 0 aromatic heterocycles. The van der Waals surface area contributed by atoms with Crippen LogP contribution in [0.4, 0.5) is 0 Å². The second kappa shape index (κ2) is 7.99. The van der Waals surface area contributed by atoms with Gasteiger partial charge in [0.15, 0.2) is 0 Å². The molecule has 3 aromatic carbocycles. The van der Waals surface area contributed by atoms with Crippen LogP contribution in [0.2, 0.25) is 0 Å². The summed E-state index contributed by atoms with van der Waals surface area (Å²) in [6.45, 7) is -0.106. The summed E-state index contributed by atoms with van der Waals surface area (Å²) in [4.78, 5) is 48.2. The third kappa shape index (κ3) is 3.87. The summed E-state index contributed by atoms with van der Waals surface area (Å²) in [5.41, 5.74) is 0.511. The molecule has 4 rings (SSSR count). The van der Waals surface area contributed by atoms with Crippen molar-refractivity contribution < 1.29 is 37.8 Å². The number of carbonyl (C=O) groups excluding carboxylic acids is 2. The second-order valence-corrected chi connectivity index (χ2v) is 9.19. The van der Waals surface area contributed by atoms with E-state index in [0.29, 0.717) is 5.56 Å². The largest absolute Gasteiger partial charge is 0.478 e. The first-order valence-corrected chi connectivity index (χ1v) is 11.0. The Bertz CT molecular complexity index is 1420. The van der Waals surface area contributed by atoms with E-state index in [1.807, 2.05) is 0 Å². The van der Waals surface area contributed by atoms with Crippen LogP contribution in [0.3, 0.4) is 0 Å². The molecule has 0 unspecified atom stereocenters. The molecule has 9 nitrogen and oxygen atoms in total. The van der Waals surface area contributed by atoms with Gasteiger partial charge in [0.25, 0.3) is 11.8 Å². The van der Waals surface area contributed by atoms with E-state index in [-0.39, 0.29) is 38.6 Å². The summed E-state index contributed by atoms with van der Waals surface area (Å²) in [6.07, 6.45) is 0. The standard InChI is InChI=1S/C23H15NO8S/c25-20-18-10-9-17(33(31,32)16-7-5-15(6-8-16)23(29)30)11-19(18)21(26)24(20)12-13-1-3-14(4-2-13)22(27)28/h1-11H,12H2,(H,27,28)(H,29,30). The van der Waals surface area contributed by atoms with E-state index in [4.69, 9.17) is 10.2 Å². The lowest BCUT2D eigenvalue weighted by Crippen LogP contribution is -2.29. The van der Waals surface area contributed by atoms with Gasteiger partial charge in [0.05, 0.1) is 38.6 Å². The van der Waals surface area contributed by atoms with E-state index in [0.717, 1.165) is 35.2 Å². The topological polar surface area (TPSA) is 146 Å². The summed E-state index contributed by atoms with van der Waals surface area (Å²) in [6, 6.07) is 13.9. The maximum Gasteiger partial charge on any atom is 0.335 e. The molecule has 0 saturated carbocycles. The normalized spacial score (nSPS) is 13.2. The van der Waals surface area contributed by atoms with Gasteiger partial charge in [0.1, 0.15) is 0 Å². The zero-order valence-corrected chi connectivity index (χ0v) is 17.6. The fourth-order valence-corrected chi connectivity index (χ4v) is 4.72. The molecular weight excluding hydrogens is 450 g/mol. The molecule has 1 aliphatic rings. The molecule has 166 valence electrons. The molecule has 0 aliphatic carbocycles. The molecule has 0 radical (unpaired) electrons. The van der Waals surface area contributed by atoms with Gasteiger partial charge in [0, 0.05) is 0 Å². The number of fused-ring (bicyclic) bond motifs is 1. The summed E-state index contributed by atoms with van der Waals surface area (Å²) in [7, 11) is -4.06. The van der Waals surface area contributed by atoms with E-state index < -0.39 is 33.6 Å². The van der Waals surface area contributed by atoms with Crippen LogP contribution in [0.25, 0.3) is 0 Å². The molecule has 2 amide bonds. The number of benzene rings is 3. The zero-order chi connectivity index (χ0) is 23.9.